The summed E-state index contributed by atoms with van der Waals surface area (Å²) in [6, 6.07) is 13.4. The third-order valence-electron chi connectivity index (χ3n) is 4.07. The first-order valence-electron chi connectivity index (χ1n) is 7.01. The molecule has 0 spiro atoms. The smallest absolute Gasteiger partial charge is 0.0399 e. The van der Waals surface area contributed by atoms with Crippen LogP contribution in [0.4, 0.5) is 5.69 Å². The van der Waals surface area contributed by atoms with Gasteiger partial charge in [-0.05, 0) is 46.2 Å². The van der Waals surface area contributed by atoms with E-state index < -0.39 is 0 Å². The van der Waals surface area contributed by atoms with Gasteiger partial charge in [-0.2, -0.15) is 0 Å². The largest absolute Gasteiger partial charge is 0.377 e. The van der Waals surface area contributed by atoms with Crippen molar-refractivity contribution in [3.05, 3.63) is 53.1 Å². The molecular weight excluding hydrogens is 230 g/mol. The lowest BCUT2D eigenvalue weighted by molar-refractivity contribution is 0.845. The molecule has 0 unspecified atom stereocenters. The number of hydrogen-bond donors (Lipinski definition) is 0. The molecule has 0 radical (unpaired) electrons. The highest BCUT2D eigenvalue weighted by Crippen LogP contribution is 2.43. The highest BCUT2D eigenvalue weighted by Gasteiger charge is 2.24. The summed E-state index contributed by atoms with van der Waals surface area (Å²) < 4.78 is 0. The van der Waals surface area contributed by atoms with Crippen LogP contribution in [0.5, 0.6) is 0 Å². The van der Waals surface area contributed by atoms with Crippen LogP contribution >= 0.6 is 0 Å². The number of anilines is 1. The molecule has 98 valence electrons. The van der Waals surface area contributed by atoms with Crippen LogP contribution in [-0.2, 0) is 6.42 Å². The summed E-state index contributed by atoms with van der Waals surface area (Å²) in [7, 11) is 4.27. The Morgan fingerprint density at radius 2 is 1.68 bits per heavy atom. The molecule has 0 atom stereocenters. The molecule has 0 bridgehead atoms. The molecule has 0 aromatic heterocycles. The molecule has 2 aromatic carbocycles. The molecule has 1 nitrogen and oxygen atoms in total. The molecule has 1 heteroatoms. The van der Waals surface area contributed by atoms with Crippen molar-refractivity contribution in [2.75, 3.05) is 19.0 Å². The molecule has 0 N–H and O–H groups in total. The van der Waals surface area contributed by atoms with Crippen molar-refractivity contribution in [1.29, 1.82) is 0 Å². The van der Waals surface area contributed by atoms with Crippen LogP contribution in [0.2, 0.25) is 0 Å². The van der Waals surface area contributed by atoms with Crippen LogP contribution in [0.25, 0.3) is 11.1 Å². The van der Waals surface area contributed by atoms with Gasteiger partial charge in [-0.25, -0.2) is 0 Å². The van der Waals surface area contributed by atoms with Gasteiger partial charge in [0.2, 0.25) is 0 Å². The molecule has 3 rings (SSSR count). The van der Waals surface area contributed by atoms with E-state index in [-0.39, 0.29) is 0 Å². The summed E-state index contributed by atoms with van der Waals surface area (Å²) in [6.45, 7) is 4.59. The lowest BCUT2D eigenvalue weighted by atomic mass is 9.91. The summed E-state index contributed by atoms with van der Waals surface area (Å²) in [6.07, 6.45) is 1.08. The normalized spacial score (nSPS) is 12.5. The van der Waals surface area contributed by atoms with Crippen molar-refractivity contribution in [3.63, 3.8) is 0 Å². The van der Waals surface area contributed by atoms with Gasteiger partial charge in [0, 0.05) is 19.8 Å². The van der Waals surface area contributed by atoms with E-state index >= 15 is 0 Å². The van der Waals surface area contributed by atoms with Gasteiger partial charge in [-0.1, -0.05) is 44.2 Å². The summed E-state index contributed by atoms with van der Waals surface area (Å²) >= 11 is 0. The summed E-state index contributed by atoms with van der Waals surface area (Å²) in [5.41, 5.74) is 8.73. The lowest BCUT2D eigenvalue weighted by Gasteiger charge is -2.23. The third kappa shape index (κ3) is 1.85. The molecule has 2 aromatic rings. The van der Waals surface area contributed by atoms with Crippen LogP contribution < -0.4 is 4.90 Å². The Morgan fingerprint density at radius 1 is 0.947 bits per heavy atom. The predicted molar refractivity (Wildman–Crippen MR) is 83.1 cm³/mol. The fourth-order valence-electron chi connectivity index (χ4n) is 3.26. The van der Waals surface area contributed by atoms with Crippen LogP contribution in [0.15, 0.2) is 36.4 Å². The van der Waals surface area contributed by atoms with Gasteiger partial charge in [-0.3, -0.25) is 0 Å². The fourth-order valence-corrected chi connectivity index (χ4v) is 3.26. The zero-order valence-corrected chi connectivity index (χ0v) is 12.2. The van der Waals surface area contributed by atoms with E-state index in [0.29, 0.717) is 5.92 Å². The Hall–Kier alpha value is -1.76. The van der Waals surface area contributed by atoms with E-state index in [1.807, 2.05) is 0 Å². The summed E-state index contributed by atoms with van der Waals surface area (Å²) in [4.78, 5) is 2.23. The molecule has 0 aliphatic heterocycles. The lowest BCUT2D eigenvalue weighted by Crippen LogP contribution is -2.13. The average Bonchev–Trinajstić information content (AvgIpc) is 2.75. The van der Waals surface area contributed by atoms with E-state index in [4.69, 9.17) is 0 Å². The van der Waals surface area contributed by atoms with E-state index in [0.717, 1.165) is 6.42 Å². The van der Waals surface area contributed by atoms with Crippen LogP contribution in [0.3, 0.4) is 0 Å². The Kier molecular flexibility index (Phi) is 2.85. The van der Waals surface area contributed by atoms with E-state index in [9.17, 15) is 0 Å². The predicted octanol–water partition coefficient (Wildman–Crippen LogP) is 4.45. The molecule has 0 heterocycles. The molecule has 0 fully saturated rings. The van der Waals surface area contributed by atoms with Gasteiger partial charge in [0.1, 0.15) is 0 Å². The number of hydrogen-bond acceptors (Lipinski definition) is 1. The zero-order valence-electron chi connectivity index (χ0n) is 12.2. The molecule has 1 aliphatic rings. The maximum atomic E-state index is 2.30. The van der Waals surface area contributed by atoms with E-state index in [2.05, 4.69) is 69.2 Å². The van der Waals surface area contributed by atoms with E-state index in [1.165, 1.54) is 33.5 Å². The fraction of sp³-hybridized carbons (Fsp3) is 0.333. The maximum absolute atomic E-state index is 2.30. The average molecular weight is 251 g/mol. The minimum Gasteiger partial charge on any atom is -0.377 e. The van der Waals surface area contributed by atoms with Crippen molar-refractivity contribution >= 4 is 5.69 Å². The van der Waals surface area contributed by atoms with Crippen LogP contribution in [0, 0.1) is 0 Å². The van der Waals surface area contributed by atoms with Gasteiger partial charge in [0.25, 0.3) is 0 Å². The maximum Gasteiger partial charge on any atom is 0.0399 e. The van der Waals surface area contributed by atoms with Gasteiger partial charge < -0.3 is 4.90 Å². The second-order valence-corrected chi connectivity index (χ2v) is 5.91. The molecule has 19 heavy (non-hydrogen) atoms. The SMILES string of the molecule is CC(C)c1c(N(C)C)ccc2c1Cc1ccccc1-2. The Morgan fingerprint density at radius 3 is 2.37 bits per heavy atom. The quantitative estimate of drug-likeness (QED) is 0.650. The van der Waals surface area contributed by atoms with Gasteiger partial charge in [0.15, 0.2) is 0 Å². The van der Waals surface area contributed by atoms with Gasteiger partial charge >= 0.3 is 0 Å². The minimum absolute atomic E-state index is 0.557. The first-order valence-corrected chi connectivity index (χ1v) is 7.01. The third-order valence-corrected chi connectivity index (χ3v) is 4.07. The van der Waals surface area contributed by atoms with Crippen LogP contribution in [-0.4, -0.2) is 14.1 Å². The molecule has 1 aliphatic carbocycles. The number of fused-ring (bicyclic) bond motifs is 3. The monoisotopic (exact) mass is 251 g/mol. The highest BCUT2D eigenvalue weighted by atomic mass is 15.1. The first kappa shape index (κ1) is 12.3. The van der Waals surface area contributed by atoms with Crippen molar-refractivity contribution in [3.8, 4) is 11.1 Å². The first-order chi connectivity index (χ1) is 9.09. The van der Waals surface area contributed by atoms with Crippen molar-refractivity contribution < 1.29 is 0 Å². The second kappa shape index (κ2) is 4.41. The second-order valence-electron chi connectivity index (χ2n) is 5.91. The summed E-state index contributed by atoms with van der Waals surface area (Å²) in [5, 5.41) is 0. The number of nitrogens with zero attached hydrogens (tertiary/aromatic N) is 1. The van der Waals surface area contributed by atoms with Crippen LogP contribution in [0.1, 0.15) is 36.5 Å². The minimum atomic E-state index is 0.557. The highest BCUT2D eigenvalue weighted by molar-refractivity contribution is 5.81. The Bertz CT molecular complexity index is 624. The molecule has 0 saturated carbocycles. The van der Waals surface area contributed by atoms with Gasteiger partial charge in [-0.15, -0.1) is 0 Å². The number of benzene rings is 2. The zero-order chi connectivity index (χ0) is 13.6. The Labute approximate surface area is 115 Å². The summed E-state index contributed by atoms with van der Waals surface area (Å²) in [5.74, 6) is 0.557. The van der Waals surface area contributed by atoms with Crippen molar-refractivity contribution in [2.45, 2.75) is 26.2 Å². The van der Waals surface area contributed by atoms with Crippen molar-refractivity contribution in [1.82, 2.24) is 0 Å². The molecule has 0 amide bonds. The number of rotatable bonds is 2. The molecular formula is C18H21N. The molecule has 0 saturated heterocycles. The Balaban J connectivity index is 2.25. The van der Waals surface area contributed by atoms with E-state index in [1.54, 1.807) is 0 Å². The standard InChI is InChI=1S/C18H21N/c1-12(2)18-16-11-13-7-5-6-8-14(13)15(16)9-10-17(18)19(3)4/h5-10,12H,11H2,1-4H3. The van der Waals surface area contributed by atoms with Crippen molar-refractivity contribution in [2.24, 2.45) is 0 Å². The van der Waals surface area contributed by atoms with Gasteiger partial charge in [0.05, 0.1) is 0 Å². The topological polar surface area (TPSA) is 3.24 Å².